The second kappa shape index (κ2) is 4.36. The van der Waals surface area contributed by atoms with Crippen LogP contribution in [0.15, 0.2) is 12.3 Å². The van der Waals surface area contributed by atoms with Gasteiger partial charge in [-0.05, 0) is 19.3 Å². The van der Waals surface area contributed by atoms with Gasteiger partial charge in [-0.25, -0.2) is 9.78 Å². The van der Waals surface area contributed by atoms with E-state index in [9.17, 15) is 14.9 Å². The summed E-state index contributed by atoms with van der Waals surface area (Å²) in [5, 5.41) is 19.4. The van der Waals surface area contributed by atoms with Gasteiger partial charge in [0.2, 0.25) is 5.88 Å². The molecule has 1 aliphatic carbocycles. The van der Waals surface area contributed by atoms with E-state index in [2.05, 4.69) is 4.98 Å². The lowest BCUT2D eigenvalue weighted by Gasteiger charge is -2.25. The van der Waals surface area contributed by atoms with Crippen LogP contribution in [0.2, 0.25) is 0 Å². The number of nitro groups is 1. The van der Waals surface area contributed by atoms with Gasteiger partial charge in [-0.2, -0.15) is 0 Å². The topological polar surface area (TPSA) is 103 Å². The largest absolute Gasteiger partial charge is 0.477 e. The molecule has 7 heteroatoms. The number of nitrogens with zero attached hydrogens (tertiary/aromatic N) is 2. The molecule has 0 aromatic carbocycles. The van der Waals surface area contributed by atoms with Crippen LogP contribution in [0, 0.1) is 10.1 Å². The Bertz CT molecular complexity index is 470. The molecule has 0 bridgehead atoms. The maximum Gasteiger partial charge on any atom is 0.342 e. The Kier molecular flexibility index (Phi) is 2.90. The number of hydrogen-bond donors (Lipinski definition) is 1. The van der Waals surface area contributed by atoms with Gasteiger partial charge in [0.05, 0.1) is 4.92 Å². The minimum absolute atomic E-state index is 0.0469. The molecule has 0 atom stereocenters. The SMILES string of the molecule is O=C(O)c1cc(OC2CCC2)ncc1[N+](=O)[O-]. The summed E-state index contributed by atoms with van der Waals surface area (Å²) in [5.41, 5.74) is -0.933. The molecule has 1 fully saturated rings. The molecule has 1 saturated carbocycles. The molecule has 0 unspecified atom stereocenters. The first-order chi connectivity index (χ1) is 8.08. The van der Waals surface area contributed by atoms with E-state index in [0.29, 0.717) is 0 Å². The predicted octanol–water partition coefficient (Wildman–Crippen LogP) is 1.62. The first-order valence-electron chi connectivity index (χ1n) is 5.12. The maximum absolute atomic E-state index is 10.9. The third kappa shape index (κ3) is 2.32. The molecule has 1 aromatic rings. The summed E-state index contributed by atoms with van der Waals surface area (Å²) in [6.07, 6.45) is 3.84. The second-order valence-corrected chi connectivity index (χ2v) is 3.77. The highest BCUT2D eigenvalue weighted by Crippen LogP contribution is 2.26. The highest BCUT2D eigenvalue weighted by atomic mass is 16.6. The molecule has 17 heavy (non-hydrogen) atoms. The number of carboxylic acid groups (broad SMARTS) is 1. The zero-order valence-corrected chi connectivity index (χ0v) is 8.83. The van der Waals surface area contributed by atoms with Crippen molar-refractivity contribution >= 4 is 11.7 Å². The number of aromatic carboxylic acids is 1. The highest BCUT2D eigenvalue weighted by molar-refractivity contribution is 5.92. The summed E-state index contributed by atoms with van der Waals surface area (Å²) < 4.78 is 5.38. The summed E-state index contributed by atoms with van der Waals surface area (Å²) in [4.78, 5) is 24.4. The molecule has 1 aromatic heterocycles. The Balaban J connectivity index is 2.27. The lowest BCUT2D eigenvalue weighted by atomic mass is 9.96. The van der Waals surface area contributed by atoms with E-state index in [-0.39, 0.29) is 12.0 Å². The first kappa shape index (κ1) is 11.3. The Morgan fingerprint density at radius 2 is 2.29 bits per heavy atom. The predicted molar refractivity (Wildman–Crippen MR) is 56.1 cm³/mol. The van der Waals surface area contributed by atoms with E-state index in [0.717, 1.165) is 31.5 Å². The monoisotopic (exact) mass is 238 g/mol. The smallest absolute Gasteiger partial charge is 0.342 e. The van der Waals surface area contributed by atoms with Crippen molar-refractivity contribution in [2.75, 3.05) is 0 Å². The number of hydrogen-bond acceptors (Lipinski definition) is 5. The Hall–Kier alpha value is -2.18. The normalized spacial score (nSPS) is 15.1. The highest BCUT2D eigenvalue weighted by Gasteiger charge is 2.24. The van der Waals surface area contributed by atoms with Gasteiger partial charge >= 0.3 is 11.7 Å². The minimum atomic E-state index is -1.36. The van der Waals surface area contributed by atoms with E-state index in [1.807, 2.05) is 0 Å². The molecule has 7 nitrogen and oxygen atoms in total. The van der Waals surface area contributed by atoms with Crippen molar-refractivity contribution in [1.29, 1.82) is 0 Å². The summed E-state index contributed by atoms with van der Waals surface area (Å²) in [6, 6.07) is 1.10. The van der Waals surface area contributed by atoms with Gasteiger partial charge in [0.25, 0.3) is 0 Å². The number of aromatic nitrogens is 1. The fraction of sp³-hybridized carbons (Fsp3) is 0.400. The molecule has 0 saturated heterocycles. The van der Waals surface area contributed by atoms with E-state index < -0.39 is 22.1 Å². The van der Waals surface area contributed by atoms with Crippen molar-refractivity contribution in [1.82, 2.24) is 4.98 Å². The van der Waals surface area contributed by atoms with E-state index in [1.165, 1.54) is 0 Å². The van der Waals surface area contributed by atoms with Crippen LogP contribution in [0.4, 0.5) is 5.69 Å². The van der Waals surface area contributed by atoms with Crippen LogP contribution >= 0.6 is 0 Å². The van der Waals surface area contributed by atoms with Gasteiger partial charge in [0, 0.05) is 6.07 Å². The van der Waals surface area contributed by atoms with Crippen molar-refractivity contribution in [3.63, 3.8) is 0 Å². The quantitative estimate of drug-likeness (QED) is 0.631. The van der Waals surface area contributed by atoms with Crippen LogP contribution in [-0.2, 0) is 0 Å². The molecule has 1 N–H and O–H groups in total. The van der Waals surface area contributed by atoms with Crippen molar-refractivity contribution in [3.8, 4) is 5.88 Å². The summed E-state index contributed by atoms with van der Waals surface area (Å²) in [6.45, 7) is 0. The fourth-order valence-corrected chi connectivity index (χ4v) is 1.47. The van der Waals surface area contributed by atoms with Crippen LogP contribution in [0.1, 0.15) is 29.6 Å². The van der Waals surface area contributed by atoms with E-state index >= 15 is 0 Å². The van der Waals surface area contributed by atoms with E-state index in [1.54, 1.807) is 0 Å². The van der Waals surface area contributed by atoms with E-state index in [4.69, 9.17) is 9.84 Å². The van der Waals surface area contributed by atoms with Crippen molar-refractivity contribution < 1.29 is 19.6 Å². The number of ether oxygens (including phenoxy) is 1. The van der Waals surface area contributed by atoms with Crippen molar-refractivity contribution in [2.24, 2.45) is 0 Å². The maximum atomic E-state index is 10.9. The standard InChI is InChI=1S/C10H10N2O5/c13-10(14)7-4-9(17-6-2-1-3-6)11-5-8(7)12(15)16/h4-6H,1-3H2,(H,13,14). The Morgan fingerprint density at radius 3 is 2.76 bits per heavy atom. The van der Waals surface area contributed by atoms with Crippen LogP contribution in [0.25, 0.3) is 0 Å². The molecule has 2 rings (SSSR count). The van der Waals surface area contributed by atoms with Gasteiger partial charge in [-0.3, -0.25) is 10.1 Å². The van der Waals surface area contributed by atoms with Crippen LogP contribution in [0.3, 0.4) is 0 Å². The molecule has 1 aliphatic rings. The fourth-order valence-electron chi connectivity index (χ4n) is 1.47. The van der Waals surface area contributed by atoms with Crippen molar-refractivity contribution in [3.05, 3.63) is 27.9 Å². The van der Waals surface area contributed by atoms with Gasteiger partial charge in [0.1, 0.15) is 17.9 Å². The molecule has 0 spiro atoms. The molecule has 0 radical (unpaired) electrons. The lowest BCUT2D eigenvalue weighted by molar-refractivity contribution is -0.385. The summed E-state index contributed by atoms with van der Waals surface area (Å²) in [7, 11) is 0. The van der Waals surface area contributed by atoms with Crippen LogP contribution in [0.5, 0.6) is 5.88 Å². The van der Waals surface area contributed by atoms with Crippen molar-refractivity contribution in [2.45, 2.75) is 25.4 Å². The summed E-state index contributed by atoms with van der Waals surface area (Å²) >= 11 is 0. The number of pyridine rings is 1. The van der Waals surface area contributed by atoms with Gasteiger partial charge < -0.3 is 9.84 Å². The zero-order valence-electron chi connectivity index (χ0n) is 8.83. The lowest BCUT2D eigenvalue weighted by Crippen LogP contribution is -2.25. The average Bonchev–Trinajstić information content (AvgIpc) is 2.23. The van der Waals surface area contributed by atoms with Gasteiger partial charge in [-0.15, -0.1) is 0 Å². The van der Waals surface area contributed by atoms with Crippen LogP contribution < -0.4 is 4.74 Å². The number of carboxylic acids is 1. The third-order valence-corrected chi connectivity index (χ3v) is 2.62. The number of carbonyl (C=O) groups is 1. The van der Waals surface area contributed by atoms with Crippen LogP contribution in [-0.4, -0.2) is 27.1 Å². The molecule has 1 heterocycles. The van der Waals surface area contributed by atoms with Gasteiger partial charge in [-0.1, -0.05) is 0 Å². The molecule has 0 amide bonds. The molecule has 0 aliphatic heterocycles. The average molecular weight is 238 g/mol. The first-order valence-corrected chi connectivity index (χ1v) is 5.12. The van der Waals surface area contributed by atoms with Gasteiger partial charge in [0.15, 0.2) is 0 Å². The zero-order chi connectivity index (χ0) is 12.4. The third-order valence-electron chi connectivity index (χ3n) is 2.62. The summed E-state index contributed by atoms with van der Waals surface area (Å²) in [5.74, 6) is -1.24. The minimum Gasteiger partial charge on any atom is -0.477 e. The Labute approximate surface area is 96.2 Å². The number of rotatable bonds is 4. The molecule has 90 valence electrons. The Morgan fingerprint density at radius 1 is 1.59 bits per heavy atom. The molecular weight excluding hydrogens is 228 g/mol. The second-order valence-electron chi connectivity index (χ2n) is 3.77. The molecular formula is C10H10N2O5.